The van der Waals surface area contributed by atoms with E-state index in [0.29, 0.717) is 24.1 Å². The first-order chi connectivity index (χ1) is 9.61. The lowest BCUT2D eigenvalue weighted by Crippen LogP contribution is -2.49. The maximum absolute atomic E-state index is 12.3. The van der Waals surface area contributed by atoms with Crippen molar-refractivity contribution in [3.05, 3.63) is 35.4 Å². The Morgan fingerprint density at radius 3 is 2.15 bits per heavy atom. The predicted octanol–water partition coefficient (Wildman–Crippen LogP) is 1.59. The highest BCUT2D eigenvalue weighted by atomic mass is 16.2. The molecule has 106 valence electrons. The van der Waals surface area contributed by atoms with Crippen molar-refractivity contribution in [2.24, 2.45) is 0 Å². The van der Waals surface area contributed by atoms with E-state index in [1.54, 1.807) is 31.2 Å². The quantitative estimate of drug-likeness (QED) is 0.829. The van der Waals surface area contributed by atoms with Gasteiger partial charge in [0.2, 0.25) is 5.91 Å². The van der Waals surface area contributed by atoms with E-state index >= 15 is 0 Å². The first kappa shape index (κ1) is 14.2. The number of carbonyl (C=O) groups excluding carboxylic acids is 3. The largest absolute Gasteiger partial charge is 0.354 e. The van der Waals surface area contributed by atoms with Gasteiger partial charge in [0.25, 0.3) is 11.8 Å². The van der Waals surface area contributed by atoms with Crippen LogP contribution in [0, 0.1) is 0 Å². The minimum absolute atomic E-state index is 0.274. The van der Waals surface area contributed by atoms with E-state index in [1.165, 1.54) is 0 Å². The zero-order chi connectivity index (χ0) is 14.7. The lowest BCUT2D eigenvalue weighted by Gasteiger charge is -2.24. The molecule has 2 rings (SSSR count). The lowest BCUT2D eigenvalue weighted by atomic mass is 10.1. The molecule has 0 saturated heterocycles. The molecule has 3 amide bonds. The van der Waals surface area contributed by atoms with Gasteiger partial charge in [-0.2, -0.15) is 0 Å². The highest BCUT2D eigenvalue weighted by molar-refractivity contribution is 6.22. The highest BCUT2D eigenvalue weighted by Crippen LogP contribution is 2.25. The van der Waals surface area contributed by atoms with Crippen molar-refractivity contribution in [3.8, 4) is 0 Å². The number of imide groups is 1. The average Bonchev–Trinajstić information content (AvgIpc) is 2.72. The van der Waals surface area contributed by atoms with Crippen molar-refractivity contribution in [2.45, 2.75) is 32.7 Å². The van der Waals surface area contributed by atoms with Gasteiger partial charge in [0.1, 0.15) is 6.04 Å². The molecule has 1 heterocycles. The van der Waals surface area contributed by atoms with Crippen LogP contribution in [0.25, 0.3) is 0 Å². The van der Waals surface area contributed by atoms with E-state index in [0.717, 1.165) is 11.3 Å². The molecule has 0 spiro atoms. The normalized spacial score (nSPS) is 15.2. The van der Waals surface area contributed by atoms with E-state index < -0.39 is 6.04 Å². The fourth-order valence-corrected chi connectivity index (χ4v) is 2.34. The molecule has 0 bridgehead atoms. The molecule has 1 aromatic carbocycles. The first-order valence-electron chi connectivity index (χ1n) is 6.86. The van der Waals surface area contributed by atoms with Gasteiger partial charge in [-0.25, -0.2) is 0 Å². The number of nitrogens with one attached hydrogen (secondary N) is 1. The summed E-state index contributed by atoms with van der Waals surface area (Å²) in [6.45, 7) is 4.28. The van der Waals surface area contributed by atoms with Gasteiger partial charge in [-0.15, -0.1) is 0 Å². The lowest BCUT2D eigenvalue weighted by molar-refractivity contribution is -0.125. The molecule has 1 aliphatic heterocycles. The Bertz CT molecular complexity index is 519. The summed E-state index contributed by atoms with van der Waals surface area (Å²) in [7, 11) is 0. The van der Waals surface area contributed by atoms with Gasteiger partial charge in [-0.1, -0.05) is 26.0 Å². The van der Waals surface area contributed by atoms with Crippen molar-refractivity contribution < 1.29 is 14.4 Å². The number of nitrogens with zero attached hydrogens (tertiary/aromatic N) is 1. The van der Waals surface area contributed by atoms with Crippen LogP contribution in [-0.4, -0.2) is 35.2 Å². The van der Waals surface area contributed by atoms with Crippen molar-refractivity contribution in [1.29, 1.82) is 0 Å². The molecular weight excluding hydrogens is 256 g/mol. The third-order valence-electron chi connectivity index (χ3n) is 3.38. The Hall–Kier alpha value is -2.17. The van der Waals surface area contributed by atoms with Crippen LogP contribution in [0.5, 0.6) is 0 Å². The Morgan fingerprint density at radius 1 is 1.15 bits per heavy atom. The number of hydrogen-bond donors (Lipinski definition) is 1. The maximum Gasteiger partial charge on any atom is 0.262 e. The fourth-order valence-electron chi connectivity index (χ4n) is 2.34. The average molecular weight is 274 g/mol. The summed E-state index contributed by atoms with van der Waals surface area (Å²) in [6, 6.07) is 5.92. The third-order valence-corrected chi connectivity index (χ3v) is 3.38. The number of hydrogen-bond acceptors (Lipinski definition) is 3. The number of benzene rings is 1. The van der Waals surface area contributed by atoms with Crippen LogP contribution in [0.4, 0.5) is 0 Å². The summed E-state index contributed by atoms with van der Waals surface area (Å²) >= 11 is 0. The van der Waals surface area contributed by atoms with Crippen LogP contribution in [0.1, 0.15) is 47.4 Å². The molecule has 1 unspecified atom stereocenters. The van der Waals surface area contributed by atoms with Crippen molar-refractivity contribution in [2.75, 3.05) is 6.54 Å². The van der Waals surface area contributed by atoms with Gasteiger partial charge in [-0.05, 0) is 25.0 Å². The van der Waals surface area contributed by atoms with E-state index in [4.69, 9.17) is 0 Å². The summed E-state index contributed by atoms with van der Waals surface area (Å²) in [4.78, 5) is 37.8. The smallest absolute Gasteiger partial charge is 0.262 e. The molecule has 0 radical (unpaired) electrons. The van der Waals surface area contributed by atoms with Gasteiger partial charge < -0.3 is 5.32 Å². The monoisotopic (exact) mass is 274 g/mol. The molecule has 20 heavy (non-hydrogen) atoms. The van der Waals surface area contributed by atoms with Gasteiger partial charge in [0.05, 0.1) is 11.1 Å². The second kappa shape index (κ2) is 5.86. The molecule has 0 fully saturated rings. The molecule has 0 aliphatic carbocycles. The second-order valence-corrected chi connectivity index (χ2v) is 4.74. The zero-order valence-corrected chi connectivity index (χ0v) is 11.7. The topological polar surface area (TPSA) is 66.5 Å². The summed E-state index contributed by atoms with van der Waals surface area (Å²) in [6.07, 6.45) is 1.21. The predicted molar refractivity (Wildman–Crippen MR) is 74.3 cm³/mol. The van der Waals surface area contributed by atoms with Gasteiger partial charge >= 0.3 is 0 Å². The molecule has 5 heteroatoms. The first-order valence-corrected chi connectivity index (χ1v) is 6.86. The van der Waals surface area contributed by atoms with Crippen LogP contribution in [0.3, 0.4) is 0 Å². The SMILES string of the molecule is CCCNC(=O)C(CC)N1C(=O)c2ccccc2C1=O. The van der Waals surface area contributed by atoms with Gasteiger partial charge in [0, 0.05) is 6.54 Å². The van der Waals surface area contributed by atoms with E-state index in [9.17, 15) is 14.4 Å². The molecule has 0 aromatic heterocycles. The van der Waals surface area contributed by atoms with Crippen LogP contribution in [0.15, 0.2) is 24.3 Å². The molecule has 1 aromatic rings. The van der Waals surface area contributed by atoms with Crippen LogP contribution < -0.4 is 5.32 Å². The van der Waals surface area contributed by atoms with Crippen molar-refractivity contribution >= 4 is 17.7 Å². The Kier molecular flexibility index (Phi) is 4.17. The molecule has 1 aliphatic rings. The number of carbonyl (C=O) groups is 3. The Labute approximate surface area is 118 Å². The Balaban J connectivity index is 2.27. The molecule has 1 atom stereocenters. The molecule has 5 nitrogen and oxygen atoms in total. The standard InChI is InChI=1S/C15H18N2O3/c1-3-9-16-13(18)12(4-2)17-14(19)10-7-5-6-8-11(10)15(17)20/h5-8,12H,3-4,9H2,1-2H3,(H,16,18). The van der Waals surface area contributed by atoms with E-state index in [-0.39, 0.29) is 17.7 Å². The number of amides is 3. The molecule has 0 saturated carbocycles. The Morgan fingerprint density at radius 2 is 1.70 bits per heavy atom. The van der Waals surface area contributed by atoms with Crippen molar-refractivity contribution in [3.63, 3.8) is 0 Å². The van der Waals surface area contributed by atoms with Gasteiger partial charge in [-0.3, -0.25) is 19.3 Å². The van der Waals surface area contributed by atoms with Crippen LogP contribution >= 0.6 is 0 Å². The minimum atomic E-state index is -0.742. The van der Waals surface area contributed by atoms with Crippen LogP contribution in [0.2, 0.25) is 0 Å². The fraction of sp³-hybridized carbons (Fsp3) is 0.400. The zero-order valence-electron chi connectivity index (χ0n) is 11.7. The van der Waals surface area contributed by atoms with Crippen molar-refractivity contribution in [1.82, 2.24) is 10.2 Å². The van der Waals surface area contributed by atoms with E-state index in [2.05, 4.69) is 5.32 Å². The third kappa shape index (κ3) is 2.31. The van der Waals surface area contributed by atoms with E-state index in [1.807, 2.05) is 6.92 Å². The second-order valence-electron chi connectivity index (χ2n) is 4.74. The summed E-state index contributed by atoms with van der Waals surface area (Å²) in [5.41, 5.74) is 0.749. The summed E-state index contributed by atoms with van der Waals surface area (Å²) in [5, 5.41) is 2.74. The highest BCUT2D eigenvalue weighted by Gasteiger charge is 2.41. The maximum atomic E-state index is 12.3. The molecule has 1 N–H and O–H groups in total. The number of rotatable bonds is 5. The molecular formula is C15H18N2O3. The minimum Gasteiger partial charge on any atom is -0.354 e. The van der Waals surface area contributed by atoms with Crippen LogP contribution in [-0.2, 0) is 4.79 Å². The van der Waals surface area contributed by atoms with Gasteiger partial charge in [0.15, 0.2) is 0 Å². The number of fused-ring (bicyclic) bond motifs is 1. The summed E-state index contributed by atoms with van der Waals surface area (Å²) in [5.74, 6) is -1.04. The summed E-state index contributed by atoms with van der Waals surface area (Å²) < 4.78 is 0.